The Morgan fingerprint density at radius 2 is 1.62 bits per heavy atom. The van der Waals surface area contributed by atoms with Gasteiger partial charge in [0.25, 0.3) is 0 Å². The molecule has 42 valence electrons. The third-order valence-electron chi connectivity index (χ3n) is 0. The van der Waals surface area contributed by atoms with E-state index < -0.39 is 21.6 Å². The molecule has 0 radical (unpaired) electrons. The Morgan fingerprint density at radius 3 is 1.62 bits per heavy atom. The van der Waals surface area contributed by atoms with Crippen molar-refractivity contribution in [2.24, 2.45) is 0 Å². The van der Waals surface area contributed by atoms with Crippen molar-refractivity contribution in [1.82, 2.24) is 0 Å². The topological polar surface area (TPSA) is 0 Å². The predicted octanol–water partition coefficient (Wildman–Crippen LogP) is -1.17. The predicted molar refractivity (Wildman–Crippen MR) is 48.5 cm³/mol. The van der Waals surface area contributed by atoms with Crippen LogP contribution in [0.15, 0.2) is 0 Å². The SMILES string of the molecule is C.C.[3H]I(C)F.[H-].[K+].[K][K]. The molecule has 0 unspecified atom stereocenters. The number of alkyl halides is 1. The average Bonchev–Trinajstić information content (AvgIpc) is 1.41. The van der Waals surface area contributed by atoms with Crippen LogP contribution < -0.4 is 51.4 Å². The Labute approximate surface area is 154 Å². The van der Waals surface area contributed by atoms with Gasteiger partial charge < -0.3 is 1.43 Å². The maximum atomic E-state index is 10.8. The molecule has 5 heteroatoms. The van der Waals surface area contributed by atoms with E-state index in [1.807, 2.05) is 0 Å². The van der Waals surface area contributed by atoms with E-state index in [2.05, 4.69) is 0 Å². The molecule has 0 atom stereocenters. The van der Waals surface area contributed by atoms with Crippen molar-refractivity contribution in [3.05, 3.63) is 0 Å². The monoisotopic (exact) mass is 314 g/mol. The second kappa shape index (κ2) is 39.0. The van der Waals surface area contributed by atoms with Gasteiger partial charge in [-0.15, -0.1) is 0 Å². The van der Waals surface area contributed by atoms with Crippen molar-refractivity contribution in [1.29, 1.82) is 0.594 Å². The Hall–Kier alpha value is 5.57. The molecule has 0 aromatic carbocycles. The van der Waals surface area contributed by atoms with Crippen molar-refractivity contribution in [2.75, 3.05) is 4.93 Å². The molecule has 0 aromatic rings. The molecular formula is C3H13FIK3. The molecule has 0 N–H and O–H groups in total. The first-order valence-electron chi connectivity index (χ1n) is 1.90. The molecule has 0 bridgehead atoms. The first-order chi connectivity index (χ1) is 2.73. The zero-order valence-electron chi connectivity index (χ0n) is 6.76. The third kappa shape index (κ3) is 41.7. The van der Waals surface area contributed by atoms with Gasteiger partial charge in [-0.25, -0.2) is 0 Å². The standard InChI is InChI=1S/CH4FI.2CH4.3K.H/c1-3-2;;;;;;/h3H,1H3;2*1H4;;;;/q;;;;;+1;-1/i3T;;;;;;. The second-order valence-electron chi connectivity index (χ2n) is 0.143. The van der Waals surface area contributed by atoms with Crippen LogP contribution in [-0.4, -0.2) is 68.7 Å². The van der Waals surface area contributed by atoms with Crippen LogP contribution in [0.25, 0.3) is 0 Å². The molecule has 0 nitrogen and oxygen atoms in total. The van der Waals surface area contributed by atoms with E-state index in [0.29, 0.717) is 0 Å². The minimum absolute atomic E-state index is 0. The molecule has 0 rings (SSSR count). The van der Waals surface area contributed by atoms with Gasteiger partial charge in [-0.05, 0) is 0 Å². The van der Waals surface area contributed by atoms with Gasteiger partial charge in [0.1, 0.15) is 0 Å². The molecule has 0 fully saturated rings. The van der Waals surface area contributed by atoms with Crippen molar-refractivity contribution >= 4 is 84.7 Å². The second-order valence-corrected chi connectivity index (χ2v) is 0.958. The van der Waals surface area contributed by atoms with E-state index in [1.165, 1.54) is 68.1 Å². The summed E-state index contributed by atoms with van der Waals surface area (Å²) >= 11 is -0.0133. The summed E-state index contributed by atoms with van der Waals surface area (Å²) in [6.07, 6.45) is 0. The van der Waals surface area contributed by atoms with E-state index in [0.717, 1.165) is 0 Å². The Kier molecular flexibility index (Phi) is 114. The summed E-state index contributed by atoms with van der Waals surface area (Å²) in [5.74, 6) is 0. The zero-order chi connectivity index (χ0) is 5.58. The van der Waals surface area contributed by atoms with E-state index in [4.69, 9.17) is 0.594 Å². The first-order valence-corrected chi connectivity index (χ1v) is 20.5. The number of rotatable bonds is 0. The van der Waals surface area contributed by atoms with Crippen LogP contribution in [0.1, 0.15) is 16.3 Å². The van der Waals surface area contributed by atoms with Crippen molar-refractivity contribution < 1.29 is 55.7 Å². The summed E-state index contributed by atoms with van der Waals surface area (Å²) in [4.78, 5) is 1.32. The summed E-state index contributed by atoms with van der Waals surface area (Å²) in [6, 6.07) is 0. The fourth-order valence-corrected chi connectivity index (χ4v) is 0. The number of hydrogen-bond donors (Lipinski definition) is 0. The summed E-state index contributed by atoms with van der Waals surface area (Å²) in [6.45, 7) is 0. The Morgan fingerprint density at radius 1 is 1.62 bits per heavy atom. The van der Waals surface area contributed by atoms with Gasteiger partial charge in [-0.3, -0.25) is 0 Å². The summed E-state index contributed by atoms with van der Waals surface area (Å²) in [7, 11) is 0. The summed E-state index contributed by atoms with van der Waals surface area (Å²) in [5.41, 5.74) is 0. The van der Waals surface area contributed by atoms with E-state index in [1.54, 1.807) is 0 Å². The van der Waals surface area contributed by atoms with Gasteiger partial charge in [0.2, 0.25) is 0 Å². The van der Waals surface area contributed by atoms with Crippen LogP contribution in [0.2, 0.25) is 0 Å². The van der Waals surface area contributed by atoms with Crippen LogP contribution in [0.5, 0.6) is 0 Å². The average molecular weight is 314 g/mol. The molecule has 0 aliphatic rings. The quantitative estimate of drug-likeness (QED) is 0.300. The molecule has 0 saturated heterocycles. The van der Waals surface area contributed by atoms with E-state index in [-0.39, 0.29) is 67.7 Å². The van der Waals surface area contributed by atoms with Crippen molar-refractivity contribution in [2.45, 2.75) is 14.9 Å². The molecule has 0 saturated carbocycles. The minimum atomic E-state index is -2.51. The van der Waals surface area contributed by atoms with Gasteiger partial charge in [0, 0.05) is 0 Å². The summed E-state index contributed by atoms with van der Waals surface area (Å²) in [5, 5.41) is 0. The Bertz CT molecular complexity index is 26.5. The van der Waals surface area contributed by atoms with Gasteiger partial charge >= 0.3 is 145 Å². The zero-order valence-corrected chi connectivity index (χ0v) is 16.3. The number of hydrogen-bond acceptors (Lipinski definition) is 0. The van der Waals surface area contributed by atoms with Crippen molar-refractivity contribution in [3.63, 3.8) is 0 Å². The van der Waals surface area contributed by atoms with Crippen LogP contribution in [0, 0.1) is 0 Å². The molecule has 0 spiro atoms. The maximum absolute atomic E-state index is 10.8. The normalized spacial score (nSPS) is 6.75. The van der Waals surface area contributed by atoms with Crippen molar-refractivity contribution in [3.8, 4) is 0 Å². The molecule has 0 heterocycles. The van der Waals surface area contributed by atoms with Gasteiger partial charge in [0.05, 0.1) is 0 Å². The van der Waals surface area contributed by atoms with Crippen LogP contribution in [0.3, 0.4) is 0 Å². The molecule has 0 aromatic heterocycles. The van der Waals surface area contributed by atoms with Crippen LogP contribution >= 0.6 is 21.6 Å². The molecule has 0 aliphatic carbocycles. The van der Waals surface area contributed by atoms with Gasteiger partial charge in [-0.2, -0.15) is 0 Å². The van der Waals surface area contributed by atoms with E-state index >= 15 is 0 Å². The fraction of sp³-hybridized carbons (Fsp3) is 1.00. The van der Waals surface area contributed by atoms with Gasteiger partial charge in [-0.1, -0.05) is 14.9 Å². The fourth-order valence-electron chi connectivity index (χ4n) is 0. The molecule has 8 heavy (non-hydrogen) atoms. The molecule has 0 aliphatic heterocycles. The third-order valence-corrected chi connectivity index (χ3v) is 0. The molecule has 0 amide bonds. The number of halogens is 2. The molecular weight excluding hydrogens is 299 g/mol. The van der Waals surface area contributed by atoms with Crippen LogP contribution in [-0.2, 0) is 0 Å². The van der Waals surface area contributed by atoms with Gasteiger partial charge in [0.15, 0.2) is 0 Å². The Balaban J connectivity index is -0.00000000625. The first kappa shape index (κ1) is 23.4. The van der Waals surface area contributed by atoms with Crippen LogP contribution in [0.4, 0.5) is 2.86 Å². The van der Waals surface area contributed by atoms with E-state index in [9.17, 15) is 2.86 Å². The summed E-state index contributed by atoms with van der Waals surface area (Å²) < 4.78 is 16.9.